The van der Waals surface area contributed by atoms with Crippen LogP contribution >= 0.6 is 0 Å². The minimum Gasteiger partial charge on any atom is -0.366 e. The molecule has 2 rings (SSSR count). The quantitative estimate of drug-likeness (QED) is 0.745. The summed E-state index contributed by atoms with van der Waals surface area (Å²) in [6.45, 7) is 0. The number of amides is 1. The fourth-order valence-electron chi connectivity index (χ4n) is 1.83. The third-order valence-corrected chi connectivity index (χ3v) is 2.53. The van der Waals surface area contributed by atoms with Gasteiger partial charge < -0.3 is 5.73 Å². The number of hydrogen-bond acceptors (Lipinski definition) is 2. The molecule has 0 unspecified atom stereocenters. The predicted octanol–water partition coefficient (Wildman–Crippen LogP) is 1.62. The molecule has 0 atom stereocenters. The molecule has 0 aromatic heterocycles. The lowest BCUT2D eigenvalue weighted by Crippen LogP contribution is -2.15. The zero-order valence-corrected chi connectivity index (χ0v) is 8.16. The number of rotatable bonds is 1. The Labute approximate surface area is 87.8 Å². The van der Waals surface area contributed by atoms with Crippen LogP contribution in [0.1, 0.15) is 33.5 Å². The number of hydrogen-bond donors (Lipinski definition) is 1. The second-order valence-corrected chi connectivity index (χ2v) is 3.51. The van der Waals surface area contributed by atoms with Crippen LogP contribution in [0.4, 0.5) is 0 Å². The van der Waals surface area contributed by atoms with Gasteiger partial charge in [0.1, 0.15) is 0 Å². The summed E-state index contributed by atoms with van der Waals surface area (Å²) in [5, 5.41) is 8.83. The molecule has 0 radical (unpaired) electrons. The lowest BCUT2D eigenvalue weighted by Gasteiger charge is -2.13. The smallest absolute Gasteiger partial charge is 0.249 e. The molecule has 0 aliphatic heterocycles. The second-order valence-electron chi connectivity index (χ2n) is 3.51. The van der Waals surface area contributed by atoms with E-state index in [9.17, 15) is 4.79 Å². The first-order valence-electron chi connectivity index (χ1n) is 4.75. The Bertz CT molecular complexity index is 495. The van der Waals surface area contributed by atoms with Gasteiger partial charge in [-0.15, -0.1) is 0 Å². The highest BCUT2D eigenvalue weighted by Crippen LogP contribution is 2.24. The number of aryl methyl sites for hydroxylation is 1. The van der Waals surface area contributed by atoms with Crippen LogP contribution in [0.2, 0.25) is 0 Å². The average Bonchev–Trinajstić information content (AvgIpc) is 2.27. The van der Waals surface area contributed by atoms with Crippen LogP contribution in [-0.2, 0) is 6.42 Å². The summed E-state index contributed by atoms with van der Waals surface area (Å²) < 4.78 is 0. The van der Waals surface area contributed by atoms with Crippen LogP contribution in [0.3, 0.4) is 0 Å². The minimum atomic E-state index is -0.477. The van der Waals surface area contributed by atoms with Crippen LogP contribution < -0.4 is 5.73 Å². The maximum Gasteiger partial charge on any atom is 0.249 e. The Morgan fingerprint density at radius 2 is 2.27 bits per heavy atom. The van der Waals surface area contributed by atoms with Gasteiger partial charge in [0.05, 0.1) is 11.6 Å². The molecule has 2 N–H and O–H groups in total. The van der Waals surface area contributed by atoms with Crippen molar-refractivity contribution in [2.45, 2.75) is 12.8 Å². The molecular weight excluding hydrogens is 188 g/mol. The van der Waals surface area contributed by atoms with Crippen molar-refractivity contribution in [3.05, 3.63) is 40.5 Å². The van der Waals surface area contributed by atoms with E-state index in [4.69, 9.17) is 11.0 Å². The number of nitriles is 1. The zero-order valence-electron chi connectivity index (χ0n) is 8.16. The molecule has 0 bridgehead atoms. The highest BCUT2D eigenvalue weighted by molar-refractivity contribution is 5.97. The number of allylic oxidation sites excluding steroid dienone is 1. The van der Waals surface area contributed by atoms with Crippen LogP contribution in [-0.4, -0.2) is 5.91 Å². The van der Waals surface area contributed by atoms with Crippen molar-refractivity contribution in [2.24, 2.45) is 5.73 Å². The molecule has 74 valence electrons. The SMILES string of the molecule is N#Cc1cc2c(c(C(N)=O)c1)C=CCC2. The summed E-state index contributed by atoms with van der Waals surface area (Å²) in [6.07, 6.45) is 5.72. The van der Waals surface area contributed by atoms with E-state index in [1.54, 1.807) is 6.07 Å². The molecule has 0 saturated carbocycles. The van der Waals surface area contributed by atoms with Gasteiger partial charge in [-0.25, -0.2) is 0 Å². The molecule has 0 saturated heterocycles. The van der Waals surface area contributed by atoms with Gasteiger partial charge in [-0.05, 0) is 36.1 Å². The molecule has 3 nitrogen and oxygen atoms in total. The number of primary amides is 1. The Hall–Kier alpha value is -2.08. The number of carbonyl (C=O) groups is 1. The summed E-state index contributed by atoms with van der Waals surface area (Å²) in [5.74, 6) is -0.477. The van der Waals surface area contributed by atoms with Crippen molar-refractivity contribution in [2.75, 3.05) is 0 Å². The van der Waals surface area contributed by atoms with Crippen LogP contribution in [0.15, 0.2) is 18.2 Å². The monoisotopic (exact) mass is 198 g/mol. The van der Waals surface area contributed by atoms with Gasteiger partial charge in [0.2, 0.25) is 5.91 Å². The molecule has 1 aliphatic carbocycles. The number of nitrogens with two attached hydrogens (primary N) is 1. The maximum absolute atomic E-state index is 11.2. The standard InChI is InChI=1S/C12H10N2O/c13-7-8-5-9-3-1-2-4-10(9)11(6-8)12(14)15/h2,4-6H,1,3H2,(H2,14,15). The molecule has 1 aromatic carbocycles. The molecule has 1 aromatic rings. The third-order valence-electron chi connectivity index (χ3n) is 2.53. The fourth-order valence-corrected chi connectivity index (χ4v) is 1.83. The topological polar surface area (TPSA) is 66.9 Å². The van der Waals surface area contributed by atoms with Crippen LogP contribution in [0, 0.1) is 11.3 Å². The predicted molar refractivity (Wildman–Crippen MR) is 57.0 cm³/mol. The van der Waals surface area contributed by atoms with Crippen molar-refractivity contribution in [3.8, 4) is 6.07 Å². The van der Waals surface area contributed by atoms with Crippen molar-refractivity contribution in [1.29, 1.82) is 5.26 Å². The molecular formula is C12H10N2O. The van der Waals surface area contributed by atoms with Gasteiger partial charge in [0.25, 0.3) is 0 Å². The van der Waals surface area contributed by atoms with E-state index in [0.29, 0.717) is 11.1 Å². The van der Waals surface area contributed by atoms with Gasteiger partial charge in [0, 0.05) is 5.56 Å². The van der Waals surface area contributed by atoms with E-state index < -0.39 is 5.91 Å². The highest BCUT2D eigenvalue weighted by Gasteiger charge is 2.14. The van der Waals surface area contributed by atoms with Gasteiger partial charge in [-0.1, -0.05) is 12.2 Å². The lowest BCUT2D eigenvalue weighted by atomic mass is 9.91. The molecule has 0 fully saturated rings. The molecule has 1 amide bonds. The summed E-state index contributed by atoms with van der Waals surface area (Å²) >= 11 is 0. The summed E-state index contributed by atoms with van der Waals surface area (Å²) in [7, 11) is 0. The van der Waals surface area contributed by atoms with E-state index in [-0.39, 0.29) is 0 Å². The maximum atomic E-state index is 11.2. The number of carbonyl (C=O) groups excluding carboxylic acids is 1. The highest BCUT2D eigenvalue weighted by atomic mass is 16.1. The summed E-state index contributed by atoms with van der Waals surface area (Å²) in [5.41, 5.74) is 8.12. The van der Waals surface area contributed by atoms with Crippen molar-refractivity contribution >= 4 is 12.0 Å². The number of nitrogens with zero attached hydrogens (tertiary/aromatic N) is 1. The molecule has 0 spiro atoms. The van der Waals surface area contributed by atoms with E-state index in [1.807, 2.05) is 24.3 Å². The number of benzene rings is 1. The molecule has 1 aliphatic rings. The lowest BCUT2D eigenvalue weighted by molar-refractivity contribution is 0.1000. The van der Waals surface area contributed by atoms with Crippen molar-refractivity contribution < 1.29 is 4.79 Å². The summed E-state index contributed by atoms with van der Waals surface area (Å²) in [6, 6.07) is 5.42. The first-order chi connectivity index (χ1) is 7.22. The molecule has 0 heterocycles. The first kappa shape index (κ1) is 9.47. The fraction of sp³-hybridized carbons (Fsp3) is 0.167. The van der Waals surface area contributed by atoms with E-state index in [2.05, 4.69) is 0 Å². The van der Waals surface area contributed by atoms with E-state index in [0.717, 1.165) is 24.0 Å². The van der Waals surface area contributed by atoms with Gasteiger partial charge in [-0.2, -0.15) is 5.26 Å². The minimum absolute atomic E-state index is 0.444. The first-order valence-corrected chi connectivity index (χ1v) is 4.75. The molecule has 15 heavy (non-hydrogen) atoms. The van der Waals surface area contributed by atoms with Crippen LogP contribution in [0.25, 0.3) is 6.08 Å². The van der Waals surface area contributed by atoms with Gasteiger partial charge in [-0.3, -0.25) is 4.79 Å². The Morgan fingerprint density at radius 1 is 1.47 bits per heavy atom. The zero-order chi connectivity index (χ0) is 10.8. The van der Waals surface area contributed by atoms with Crippen molar-refractivity contribution in [3.63, 3.8) is 0 Å². The normalized spacial score (nSPS) is 13.0. The second kappa shape index (κ2) is 3.58. The molecule has 3 heteroatoms. The largest absolute Gasteiger partial charge is 0.366 e. The Balaban J connectivity index is 2.69. The van der Waals surface area contributed by atoms with E-state index >= 15 is 0 Å². The van der Waals surface area contributed by atoms with Crippen molar-refractivity contribution in [1.82, 2.24) is 0 Å². The average molecular weight is 198 g/mol. The Morgan fingerprint density at radius 3 is 2.93 bits per heavy atom. The third kappa shape index (κ3) is 1.62. The van der Waals surface area contributed by atoms with Crippen LogP contribution in [0.5, 0.6) is 0 Å². The Kier molecular flexibility index (Phi) is 2.26. The van der Waals surface area contributed by atoms with E-state index in [1.165, 1.54) is 0 Å². The number of fused-ring (bicyclic) bond motifs is 1. The summed E-state index contributed by atoms with van der Waals surface area (Å²) in [4.78, 5) is 11.2. The van der Waals surface area contributed by atoms with Gasteiger partial charge >= 0.3 is 0 Å². The van der Waals surface area contributed by atoms with Gasteiger partial charge in [0.15, 0.2) is 0 Å².